The van der Waals surface area contributed by atoms with Crippen molar-refractivity contribution in [1.82, 2.24) is 4.98 Å². The van der Waals surface area contributed by atoms with E-state index in [-0.39, 0.29) is 16.5 Å². The monoisotopic (exact) mass is 403 g/mol. The smallest absolute Gasteiger partial charge is 0.272 e. The van der Waals surface area contributed by atoms with Crippen LogP contribution in [-0.4, -0.2) is 21.0 Å². The summed E-state index contributed by atoms with van der Waals surface area (Å²) in [4.78, 5) is 25.3. The van der Waals surface area contributed by atoms with Gasteiger partial charge in [-0.05, 0) is 6.07 Å². The van der Waals surface area contributed by atoms with E-state index < -0.39 is 15.5 Å². The average molecular weight is 404 g/mol. The topological polar surface area (TPSA) is 124 Å². The number of rotatable bonds is 6. The highest BCUT2D eigenvalue weighted by atomic mass is 35.5. The van der Waals surface area contributed by atoms with Crippen LogP contribution in [0.5, 0.6) is 0 Å². The maximum atomic E-state index is 11.1. The second kappa shape index (κ2) is 7.89. The number of non-ortho nitro benzene ring substituents is 1. The molecule has 1 N–H and O–H groups in total. The standard InChI is InChI=1S/C16H10ClN5O4S/c17-15-14(27-16(19-15)10-4-2-1-3-5-10)9-18-20-12-7-6-11(21(23)24)8-13(12)22(25)26/h1-9,20H/b18-9+. The molecule has 0 radical (unpaired) electrons. The molecule has 3 aromatic rings. The van der Waals surface area contributed by atoms with Crippen LogP contribution < -0.4 is 5.43 Å². The van der Waals surface area contributed by atoms with E-state index in [1.54, 1.807) is 0 Å². The number of nitrogens with zero attached hydrogens (tertiary/aromatic N) is 4. The van der Waals surface area contributed by atoms with Gasteiger partial charge in [-0.3, -0.25) is 25.7 Å². The van der Waals surface area contributed by atoms with Crippen molar-refractivity contribution in [3.8, 4) is 10.6 Å². The summed E-state index contributed by atoms with van der Waals surface area (Å²) >= 11 is 7.42. The van der Waals surface area contributed by atoms with E-state index in [1.807, 2.05) is 30.3 Å². The highest BCUT2D eigenvalue weighted by Crippen LogP contribution is 2.31. The van der Waals surface area contributed by atoms with Gasteiger partial charge in [0.2, 0.25) is 0 Å². The number of nitro groups is 2. The van der Waals surface area contributed by atoms with Crippen LogP contribution in [0.3, 0.4) is 0 Å². The van der Waals surface area contributed by atoms with E-state index >= 15 is 0 Å². The summed E-state index contributed by atoms with van der Waals surface area (Å²) in [6.45, 7) is 0. The molecule has 0 aliphatic heterocycles. The summed E-state index contributed by atoms with van der Waals surface area (Å²) in [6.07, 6.45) is 1.39. The number of hydrogen-bond acceptors (Lipinski definition) is 8. The van der Waals surface area contributed by atoms with Gasteiger partial charge in [-0.25, -0.2) is 4.98 Å². The Morgan fingerprint density at radius 3 is 2.52 bits per heavy atom. The Labute approximate surface area is 161 Å². The molecule has 0 spiro atoms. The van der Waals surface area contributed by atoms with Crippen molar-refractivity contribution >= 4 is 46.2 Å². The number of aromatic nitrogens is 1. The van der Waals surface area contributed by atoms with Gasteiger partial charge in [0.05, 0.1) is 27.0 Å². The number of nitrogens with one attached hydrogen (secondary N) is 1. The fourth-order valence-electron chi connectivity index (χ4n) is 2.14. The molecule has 0 amide bonds. The lowest BCUT2D eigenvalue weighted by Gasteiger charge is -2.01. The number of hydrazone groups is 1. The maximum absolute atomic E-state index is 11.1. The Hall–Kier alpha value is -3.37. The van der Waals surface area contributed by atoms with Crippen molar-refractivity contribution in [3.63, 3.8) is 0 Å². The SMILES string of the molecule is O=[N+]([O-])c1ccc(N/N=C/c2sc(-c3ccccc3)nc2Cl)c([N+](=O)[O-])c1. The molecule has 1 aromatic heterocycles. The Kier molecular flexibility index (Phi) is 5.38. The molecular formula is C16H10ClN5O4S. The quantitative estimate of drug-likeness (QED) is 0.360. The summed E-state index contributed by atoms with van der Waals surface area (Å²) in [7, 11) is 0. The third kappa shape index (κ3) is 4.25. The summed E-state index contributed by atoms with van der Waals surface area (Å²) in [5.74, 6) is 0. The Balaban J connectivity index is 1.81. The van der Waals surface area contributed by atoms with Crippen molar-refractivity contribution in [1.29, 1.82) is 0 Å². The minimum atomic E-state index is -0.724. The van der Waals surface area contributed by atoms with Crippen LogP contribution >= 0.6 is 22.9 Å². The molecule has 0 atom stereocenters. The van der Waals surface area contributed by atoms with E-state index in [0.717, 1.165) is 17.7 Å². The van der Waals surface area contributed by atoms with Crippen LogP contribution in [0.1, 0.15) is 4.88 Å². The summed E-state index contributed by atoms with van der Waals surface area (Å²) < 4.78 is 0. The molecule has 0 fully saturated rings. The number of anilines is 1. The van der Waals surface area contributed by atoms with Gasteiger partial charge in [-0.15, -0.1) is 11.3 Å². The molecule has 1 heterocycles. The van der Waals surface area contributed by atoms with Gasteiger partial charge in [0.15, 0.2) is 0 Å². The molecule has 9 nitrogen and oxygen atoms in total. The molecule has 0 bridgehead atoms. The molecular weight excluding hydrogens is 394 g/mol. The van der Waals surface area contributed by atoms with E-state index in [9.17, 15) is 20.2 Å². The van der Waals surface area contributed by atoms with E-state index in [0.29, 0.717) is 9.88 Å². The highest BCUT2D eigenvalue weighted by molar-refractivity contribution is 7.17. The van der Waals surface area contributed by atoms with Gasteiger partial charge in [0.1, 0.15) is 15.8 Å². The number of halogens is 1. The summed E-state index contributed by atoms with van der Waals surface area (Å²) in [5, 5.41) is 26.8. The molecule has 2 aromatic carbocycles. The van der Waals surface area contributed by atoms with Gasteiger partial charge >= 0.3 is 5.69 Å². The molecule has 0 unspecified atom stereocenters. The van der Waals surface area contributed by atoms with Crippen molar-refractivity contribution in [3.05, 3.63) is 78.8 Å². The molecule has 27 heavy (non-hydrogen) atoms. The molecule has 0 aliphatic rings. The first-order valence-corrected chi connectivity index (χ1v) is 8.59. The summed E-state index contributed by atoms with van der Waals surface area (Å²) in [6, 6.07) is 12.7. The number of hydrogen-bond donors (Lipinski definition) is 1. The number of nitro benzene ring substituents is 2. The lowest BCUT2D eigenvalue weighted by molar-refractivity contribution is -0.393. The van der Waals surface area contributed by atoms with Gasteiger partial charge in [0.25, 0.3) is 5.69 Å². The Bertz CT molecular complexity index is 1040. The lowest BCUT2D eigenvalue weighted by Crippen LogP contribution is -1.98. The van der Waals surface area contributed by atoms with Crippen molar-refractivity contribution in [2.24, 2.45) is 5.10 Å². The lowest BCUT2D eigenvalue weighted by atomic mass is 10.2. The van der Waals surface area contributed by atoms with Crippen LogP contribution in [-0.2, 0) is 0 Å². The van der Waals surface area contributed by atoms with Gasteiger partial charge in [-0.2, -0.15) is 5.10 Å². The predicted octanol–water partition coefficient (Wildman–Crippen LogP) is 4.73. The van der Waals surface area contributed by atoms with E-state index in [1.165, 1.54) is 23.6 Å². The van der Waals surface area contributed by atoms with Crippen LogP contribution in [0.2, 0.25) is 5.15 Å². The van der Waals surface area contributed by atoms with Gasteiger partial charge in [-0.1, -0.05) is 41.9 Å². The van der Waals surface area contributed by atoms with Gasteiger partial charge in [0, 0.05) is 11.6 Å². The molecule has 0 saturated carbocycles. The normalized spacial score (nSPS) is 10.9. The van der Waals surface area contributed by atoms with Crippen LogP contribution in [0.4, 0.5) is 17.1 Å². The van der Waals surface area contributed by atoms with Crippen molar-refractivity contribution < 1.29 is 9.85 Å². The number of thiazole rings is 1. The van der Waals surface area contributed by atoms with Crippen molar-refractivity contribution in [2.45, 2.75) is 0 Å². The Morgan fingerprint density at radius 2 is 1.85 bits per heavy atom. The molecule has 0 aliphatic carbocycles. The Morgan fingerprint density at radius 1 is 1.11 bits per heavy atom. The first kappa shape index (κ1) is 18.4. The molecule has 136 valence electrons. The van der Waals surface area contributed by atoms with E-state index in [2.05, 4.69) is 15.5 Å². The first-order chi connectivity index (χ1) is 13.0. The molecule has 0 saturated heterocycles. The average Bonchev–Trinajstić information content (AvgIpc) is 3.03. The van der Waals surface area contributed by atoms with Crippen LogP contribution in [0.15, 0.2) is 53.6 Å². The van der Waals surface area contributed by atoms with Crippen molar-refractivity contribution in [2.75, 3.05) is 5.43 Å². The second-order valence-electron chi connectivity index (χ2n) is 5.13. The van der Waals surface area contributed by atoms with Gasteiger partial charge < -0.3 is 0 Å². The fraction of sp³-hybridized carbons (Fsp3) is 0. The second-order valence-corrected chi connectivity index (χ2v) is 6.51. The molecule has 11 heteroatoms. The zero-order chi connectivity index (χ0) is 19.4. The largest absolute Gasteiger partial charge is 0.301 e. The first-order valence-electron chi connectivity index (χ1n) is 7.39. The van der Waals surface area contributed by atoms with E-state index in [4.69, 9.17) is 11.6 Å². The van der Waals surface area contributed by atoms with Crippen LogP contribution in [0, 0.1) is 20.2 Å². The fourth-order valence-corrected chi connectivity index (χ4v) is 3.27. The maximum Gasteiger partial charge on any atom is 0.301 e. The molecule has 3 rings (SSSR count). The zero-order valence-corrected chi connectivity index (χ0v) is 15.0. The highest BCUT2D eigenvalue weighted by Gasteiger charge is 2.19. The third-order valence-corrected chi connectivity index (χ3v) is 4.83. The summed E-state index contributed by atoms with van der Waals surface area (Å²) in [5.41, 5.74) is 2.60. The minimum absolute atomic E-state index is 0.0192. The third-order valence-electron chi connectivity index (χ3n) is 3.39. The number of benzene rings is 2. The zero-order valence-electron chi connectivity index (χ0n) is 13.4. The predicted molar refractivity (Wildman–Crippen MR) is 104 cm³/mol. The van der Waals surface area contributed by atoms with Crippen LogP contribution in [0.25, 0.3) is 10.6 Å². The minimum Gasteiger partial charge on any atom is -0.272 e.